The molecule has 30 heavy (non-hydrogen) atoms. The quantitative estimate of drug-likeness (QED) is 0.427. The summed E-state index contributed by atoms with van der Waals surface area (Å²) in [6, 6.07) is 3.30. The van der Waals surface area contributed by atoms with Gasteiger partial charge in [-0.2, -0.15) is 13.2 Å². The molecule has 1 aliphatic heterocycles. The van der Waals surface area contributed by atoms with E-state index in [1.807, 2.05) is 0 Å². The highest BCUT2D eigenvalue weighted by molar-refractivity contribution is 9.10. The fourth-order valence-electron chi connectivity index (χ4n) is 3.44. The van der Waals surface area contributed by atoms with Crippen LogP contribution in [0, 0.1) is 5.92 Å². The molecule has 2 aliphatic rings. The SMILES string of the molecule is CP(NCCN1CCC(CNC(=O)c2cc(Br)cc(C(F)(F)F)c2)CC1)SC1CC1. The summed E-state index contributed by atoms with van der Waals surface area (Å²) in [5.41, 5.74) is -0.796. The first-order valence-electron chi connectivity index (χ1n) is 10.2. The summed E-state index contributed by atoms with van der Waals surface area (Å²) in [6.45, 7) is 6.82. The second kappa shape index (κ2) is 11.0. The Morgan fingerprint density at radius 2 is 1.93 bits per heavy atom. The average Bonchev–Trinajstić information content (AvgIpc) is 3.50. The van der Waals surface area contributed by atoms with Gasteiger partial charge in [-0.1, -0.05) is 15.9 Å². The molecule has 0 radical (unpaired) electrons. The molecule has 1 atom stereocenters. The van der Waals surface area contributed by atoms with E-state index in [4.69, 9.17) is 0 Å². The Bertz CT molecular complexity index is 728. The molecule has 168 valence electrons. The number of hydrogen-bond donors (Lipinski definition) is 2. The standard InChI is InChI=1S/C20H28BrF3N3OPS/c1-29(30-18-2-3-18)26-6-9-27-7-4-14(5-8-27)13-25-19(28)15-10-16(20(22,23)24)12-17(21)11-15/h10-12,14,18,26H,2-9,13H2,1H3,(H,25,28). The summed E-state index contributed by atoms with van der Waals surface area (Å²) in [5.74, 6) is -0.0981. The van der Waals surface area contributed by atoms with Crippen LogP contribution in [0.5, 0.6) is 0 Å². The van der Waals surface area contributed by atoms with Gasteiger partial charge in [-0.05, 0) is 69.6 Å². The topological polar surface area (TPSA) is 44.4 Å². The normalized spacial score (nSPS) is 19.6. The third-order valence-corrected chi connectivity index (χ3v) is 9.78. The fourth-order valence-corrected chi connectivity index (χ4v) is 7.69. The lowest BCUT2D eigenvalue weighted by molar-refractivity contribution is -0.137. The van der Waals surface area contributed by atoms with E-state index in [1.54, 1.807) is 0 Å². The summed E-state index contributed by atoms with van der Waals surface area (Å²) in [6.07, 6.45) is 0.243. The second-order valence-electron chi connectivity index (χ2n) is 7.93. The number of carbonyl (C=O) groups is 1. The molecular weight excluding hydrogens is 498 g/mol. The van der Waals surface area contributed by atoms with Gasteiger partial charge in [-0.3, -0.25) is 9.88 Å². The molecule has 0 spiro atoms. The van der Waals surface area contributed by atoms with Gasteiger partial charge >= 0.3 is 6.18 Å². The molecule has 1 aromatic carbocycles. The second-order valence-corrected chi connectivity index (χ2v) is 13.3. The van der Waals surface area contributed by atoms with Gasteiger partial charge in [0.2, 0.25) is 0 Å². The number of nitrogens with zero attached hydrogens (tertiary/aromatic N) is 1. The largest absolute Gasteiger partial charge is 0.416 e. The van der Waals surface area contributed by atoms with E-state index >= 15 is 0 Å². The molecule has 1 heterocycles. The van der Waals surface area contributed by atoms with Crippen molar-refractivity contribution >= 4 is 40.5 Å². The number of likely N-dealkylation sites (tertiary alicyclic amines) is 1. The van der Waals surface area contributed by atoms with Gasteiger partial charge in [0.1, 0.15) is 0 Å². The van der Waals surface area contributed by atoms with E-state index < -0.39 is 17.6 Å². The van der Waals surface area contributed by atoms with Crippen LogP contribution in [0.2, 0.25) is 0 Å². The van der Waals surface area contributed by atoms with E-state index in [-0.39, 0.29) is 17.3 Å². The lowest BCUT2D eigenvalue weighted by Crippen LogP contribution is -2.40. The van der Waals surface area contributed by atoms with E-state index in [1.165, 1.54) is 18.9 Å². The summed E-state index contributed by atoms with van der Waals surface area (Å²) in [7, 11) is -0.122. The molecule has 1 saturated carbocycles. The summed E-state index contributed by atoms with van der Waals surface area (Å²) in [5, 5.41) is 7.33. The number of carbonyl (C=O) groups excluding carboxylic acids is 1. The zero-order chi connectivity index (χ0) is 21.7. The molecular formula is C20H28BrF3N3OPS. The van der Waals surface area contributed by atoms with Crippen LogP contribution in [-0.2, 0) is 6.18 Å². The lowest BCUT2D eigenvalue weighted by atomic mass is 9.96. The minimum atomic E-state index is -4.48. The Kier molecular flexibility index (Phi) is 8.91. The van der Waals surface area contributed by atoms with Crippen molar-refractivity contribution in [3.8, 4) is 0 Å². The first-order chi connectivity index (χ1) is 14.2. The first-order valence-corrected chi connectivity index (χ1v) is 14.3. The third kappa shape index (κ3) is 7.97. The molecule has 4 nitrogen and oxygen atoms in total. The highest BCUT2D eigenvalue weighted by Crippen LogP contribution is 2.52. The Morgan fingerprint density at radius 3 is 2.57 bits per heavy atom. The number of rotatable bonds is 9. The van der Waals surface area contributed by atoms with Crippen molar-refractivity contribution in [3.63, 3.8) is 0 Å². The first kappa shape index (κ1) is 24.3. The van der Waals surface area contributed by atoms with Crippen LogP contribution in [-0.4, -0.2) is 55.4 Å². The molecule has 3 rings (SSSR count). The van der Waals surface area contributed by atoms with Crippen LogP contribution in [0.15, 0.2) is 22.7 Å². The van der Waals surface area contributed by atoms with Gasteiger partial charge < -0.3 is 10.2 Å². The van der Waals surface area contributed by atoms with E-state index in [9.17, 15) is 18.0 Å². The van der Waals surface area contributed by atoms with Crippen molar-refractivity contribution in [1.82, 2.24) is 15.3 Å². The number of nitrogens with one attached hydrogen (secondary N) is 2. The highest BCUT2D eigenvalue weighted by atomic mass is 79.9. The number of amides is 1. The summed E-state index contributed by atoms with van der Waals surface area (Å²) in [4.78, 5) is 14.8. The Labute approximate surface area is 189 Å². The smallest absolute Gasteiger partial charge is 0.352 e. The maximum absolute atomic E-state index is 13.0. The minimum absolute atomic E-state index is 0.0281. The van der Waals surface area contributed by atoms with Crippen LogP contribution in [0.3, 0.4) is 0 Å². The molecule has 2 fully saturated rings. The lowest BCUT2D eigenvalue weighted by Gasteiger charge is -2.32. The number of piperidine rings is 1. The van der Waals surface area contributed by atoms with Crippen molar-refractivity contribution in [2.24, 2.45) is 5.92 Å². The summed E-state index contributed by atoms with van der Waals surface area (Å²) >= 11 is 5.15. The zero-order valence-electron chi connectivity index (χ0n) is 17.0. The molecule has 0 aromatic heterocycles. The number of hydrogen-bond acceptors (Lipinski definition) is 4. The molecule has 10 heteroatoms. The third-order valence-electron chi connectivity index (χ3n) is 5.34. The molecule has 1 saturated heterocycles. The molecule has 1 unspecified atom stereocenters. The maximum atomic E-state index is 13.0. The van der Waals surface area contributed by atoms with Crippen molar-refractivity contribution in [3.05, 3.63) is 33.8 Å². The van der Waals surface area contributed by atoms with E-state index in [2.05, 4.69) is 49.3 Å². The molecule has 2 N–H and O–H groups in total. The van der Waals surface area contributed by atoms with Crippen LogP contribution in [0.4, 0.5) is 13.2 Å². The number of alkyl halides is 3. The zero-order valence-corrected chi connectivity index (χ0v) is 20.3. The van der Waals surface area contributed by atoms with Gasteiger partial charge in [-0.25, -0.2) is 0 Å². The van der Waals surface area contributed by atoms with Crippen LogP contribution in [0.1, 0.15) is 41.6 Å². The van der Waals surface area contributed by atoms with E-state index in [0.29, 0.717) is 12.5 Å². The minimum Gasteiger partial charge on any atom is -0.352 e. The Balaban J connectivity index is 1.36. The number of benzene rings is 1. The number of halogens is 4. The van der Waals surface area contributed by atoms with Gasteiger partial charge in [0.05, 0.1) is 5.56 Å². The maximum Gasteiger partial charge on any atom is 0.416 e. The van der Waals surface area contributed by atoms with E-state index in [0.717, 1.165) is 56.4 Å². The molecule has 1 aromatic rings. The van der Waals surface area contributed by atoms with Gasteiger partial charge in [0, 0.05) is 42.2 Å². The van der Waals surface area contributed by atoms with Gasteiger partial charge in [0.25, 0.3) is 5.91 Å². The highest BCUT2D eigenvalue weighted by Gasteiger charge is 2.31. The molecule has 1 amide bonds. The monoisotopic (exact) mass is 525 g/mol. The Morgan fingerprint density at radius 1 is 1.23 bits per heavy atom. The van der Waals surface area contributed by atoms with Crippen molar-refractivity contribution in [2.45, 2.75) is 37.1 Å². The predicted molar refractivity (Wildman–Crippen MR) is 122 cm³/mol. The molecule has 0 bridgehead atoms. The molecule has 1 aliphatic carbocycles. The van der Waals surface area contributed by atoms with Gasteiger partial charge in [-0.15, -0.1) is 11.4 Å². The van der Waals surface area contributed by atoms with Crippen LogP contribution in [0.25, 0.3) is 0 Å². The fraction of sp³-hybridized carbons (Fsp3) is 0.650. The average molecular weight is 526 g/mol. The predicted octanol–water partition coefficient (Wildman–Crippen LogP) is 5.34. The van der Waals surface area contributed by atoms with Gasteiger partial charge in [0.15, 0.2) is 0 Å². The van der Waals surface area contributed by atoms with Crippen LogP contribution < -0.4 is 10.4 Å². The van der Waals surface area contributed by atoms with Crippen LogP contribution >= 0.6 is 34.6 Å². The van der Waals surface area contributed by atoms with Crippen molar-refractivity contribution in [1.29, 1.82) is 0 Å². The van der Waals surface area contributed by atoms with Crippen molar-refractivity contribution in [2.75, 3.05) is 39.4 Å². The summed E-state index contributed by atoms with van der Waals surface area (Å²) < 4.78 is 39.1. The van der Waals surface area contributed by atoms with Crippen molar-refractivity contribution < 1.29 is 18.0 Å². The Hall–Kier alpha value is -0.340.